The Morgan fingerprint density at radius 2 is 1.68 bits per heavy atom. The van der Waals surface area contributed by atoms with E-state index in [0.717, 1.165) is 12.0 Å². The minimum absolute atomic E-state index is 0.0404. The molecule has 0 heterocycles. The maximum Gasteiger partial charge on any atom is 0.137 e. The first kappa shape index (κ1) is 13.9. The van der Waals surface area contributed by atoms with E-state index in [-0.39, 0.29) is 11.7 Å². The van der Waals surface area contributed by atoms with Crippen molar-refractivity contribution in [3.63, 3.8) is 0 Å². The minimum atomic E-state index is -0.0404. The van der Waals surface area contributed by atoms with Crippen LogP contribution in [0, 0.1) is 0 Å². The lowest BCUT2D eigenvalue weighted by atomic mass is 9.89. The van der Waals surface area contributed by atoms with Crippen molar-refractivity contribution in [3.05, 3.63) is 65.7 Å². The Bertz CT molecular complexity index is 531. The Morgan fingerprint density at radius 1 is 1.05 bits per heavy atom. The molecular formula is C17H18OS. The molecule has 1 atom stereocenters. The van der Waals surface area contributed by atoms with Crippen LogP contribution >= 0.6 is 11.8 Å². The predicted octanol–water partition coefficient (Wildman–Crippen LogP) is 4.32. The highest BCUT2D eigenvalue weighted by molar-refractivity contribution is 7.98. The largest absolute Gasteiger partial charge is 0.299 e. The van der Waals surface area contributed by atoms with Crippen molar-refractivity contribution < 1.29 is 4.79 Å². The van der Waals surface area contributed by atoms with Gasteiger partial charge in [-0.1, -0.05) is 42.5 Å². The quantitative estimate of drug-likeness (QED) is 0.752. The van der Waals surface area contributed by atoms with Gasteiger partial charge in [-0.2, -0.15) is 0 Å². The van der Waals surface area contributed by atoms with Crippen molar-refractivity contribution >= 4 is 17.5 Å². The molecule has 2 aromatic carbocycles. The van der Waals surface area contributed by atoms with Crippen LogP contribution in [0.2, 0.25) is 0 Å². The number of benzene rings is 2. The average molecular weight is 270 g/mol. The summed E-state index contributed by atoms with van der Waals surface area (Å²) in [6.45, 7) is 1.67. The highest BCUT2D eigenvalue weighted by Gasteiger charge is 2.16. The number of thioether (sulfide) groups is 1. The molecule has 0 bridgehead atoms. The van der Waals surface area contributed by atoms with Gasteiger partial charge in [-0.15, -0.1) is 11.8 Å². The fourth-order valence-corrected chi connectivity index (χ4v) is 2.59. The van der Waals surface area contributed by atoms with Gasteiger partial charge in [-0.05, 0) is 42.9 Å². The fraction of sp³-hybridized carbons (Fsp3) is 0.235. The summed E-state index contributed by atoms with van der Waals surface area (Å²) in [4.78, 5) is 13.1. The zero-order valence-electron chi connectivity index (χ0n) is 11.3. The van der Waals surface area contributed by atoms with Crippen molar-refractivity contribution in [2.75, 3.05) is 6.26 Å². The molecule has 0 radical (unpaired) electrons. The van der Waals surface area contributed by atoms with E-state index in [1.54, 1.807) is 18.7 Å². The highest BCUT2D eigenvalue weighted by atomic mass is 32.2. The summed E-state index contributed by atoms with van der Waals surface area (Å²) in [5.74, 6) is 0.182. The van der Waals surface area contributed by atoms with Gasteiger partial charge in [-0.25, -0.2) is 0 Å². The first-order chi connectivity index (χ1) is 9.20. The summed E-state index contributed by atoms with van der Waals surface area (Å²) >= 11 is 1.73. The second-order valence-electron chi connectivity index (χ2n) is 4.63. The van der Waals surface area contributed by atoms with Gasteiger partial charge in [0.1, 0.15) is 5.78 Å². The summed E-state index contributed by atoms with van der Waals surface area (Å²) in [5.41, 5.74) is 2.31. The van der Waals surface area contributed by atoms with Gasteiger partial charge < -0.3 is 0 Å². The molecule has 98 valence electrons. The molecule has 2 rings (SSSR count). The number of hydrogen-bond donors (Lipinski definition) is 0. The van der Waals surface area contributed by atoms with E-state index >= 15 is 0 Å². The lowest BCUT2D eigenvalue weighted by Gasteiger charge is -2.14. The summed E-state index contributed by atoms with van der Waals surface area (Å²) in [7, 11) is 0. The summed E-state index contributed by atoms with van der Waals surface area (Å²) in [5, 5.41) is 0. The lowest BCUT2D eigenvalue weighted by molar-refractivity contribution is -0.118. The molecule has 2 heteroatoms. The number of ketones is 1. The molecule has 19 heavy (non-hydrogen) atoms. The van der Waals surface area contributed by atoms with Crippen molar-refractivity contribution in [3.8, 4) is 0 Å². The summed E-state index contributed by atoms with van der Waals surface area (Å²) in [6.07, 6.45) is 2.84. The van der Waals surface area contributed by atoms with E-state index in [0.29, 0.717) is 0 Å². The minimum Gasteiger partial charge on any atom is -0.299 e. The normalized spacial score (nSPS) is 12.1. The van der Waals surface area contributed by atoms with Gasteiger partial charge in [0.25, 0.3) is 0 Å². The Labute approximate surface area is 119 Å². The molecule has 1 nitrogen and oxygen atoms in total. The standard InChI is InChI=1S/C17H18OS/c1-13(18)17(15-6-4-3-5-7-15)12-14-8-10-16(19-2)11-9-14/h3-11,17H,12H2,1-2H3. The third-order valence-electron chi connectivity index (χ3n) is 3.29. The second kappa shape index (κ2) is 6.58. The Hall–Kier alpha value is -1.54. The Kier molecular flexibility index (Phi) is 4.80. The molecule has 0 fully saturated rings. The van der Waals surface area contributed by atoms with Gasteiger partial charge in [0.2, 0.25) is 0 Å². The van der Waals surface area contributed by atoms with Crippen LogP contribution in [0.3, 0.4) is 0 Å². The van der Waals surface area contributed by atoms with Crippen molar-refractivity contribution in [2.45, 2.75) is 24.2 Å². The van der Waals surface area contributed by atoms with Crippen LogP contribution < -0.4 is 0 Å². The number of carbonyl (C=O) groups is 1. The molecule has 0 aromatic heterocycles. The molecule has 0 spiro atoms. The maximum atomic E-state index is 11.9. The van der Waals surface area contributed by atoms with Crippen LogP contribution in [-0.2, 0) is 11.2 Å². The van der Waals surface area contributed by atoms with Gasteiger partial charge in [-0.3, -0.25) is 4.79 Å². The van der Waals surface area contributed by atoms with Gasteiger partial charge in [0, 0.05) is 10.8 Å². The van der Waals surface area contributed by atoms with Crippen LogP contribution in [0.4, 0.5) is 0 Å². The monoisotopic (exact) mass is 270 g/mol. The summed E-state index contributed by atoms with van der Waals surface area (Å²) in [6, 6.07) is 18.5. The fourth-order valence-electron chi connectivity index (χ4n) is 2.18. The van der Waals surface area contributed by atoms with Crippen LogP contribution in [0.25, 0.3) is 0 Å². The van der Waals surface area contributed by atoms with E-state index in [9.17, 15) is 4.79 Å². The summed E-state index contributed by atoms with van der Waals surface area (Å²) < 4.78 is 0. The SMILES string of the molecule is CSc1ccc(CC(C(C)=O)c2ccccc2)cc1. The molecule has 0 N–H and O–H groups in total. The van der Waals surface area contributed by atoms with Crippen LogP contribution in [0.15, 0.2) is 59.5 Å². The van der Waals surface area contributed by atoms with Gasteiger partial charge in [0.15, 0.2) is 0 Å². The molecule has 0 saturated carbocycles. The molecule has 0 amide bonds. The second-order valence-corrected chi connectivity index (χ2v) is 5.51. The van der Waals surface area contributed by atoms with Gasteiger partial charge >= 0.3 is 0 Å². The average Bonchev–Trinajstić information content (AvgIpc) is 2.46. The van der Waals surface area contributed by atoms with E-state index in [2.05, 4.69) is 30.5 Å². The Morgan fingerprint density at radius 3 is 2.21 bits per heavy atom. The predicted molar refractivity (Wildman–Crippen MR) is 81.8 cm³/mol. The number of rotatable bonds is 5. The van der Waals surface area contributed by atoms with Crippen LogP contribution in [0.5, 0.6) is 0 Å². The van der Waals surface area contributed by atoms with Crippen LogP contribution in [-0.4, -0.2) is 12.0 Å². The maximum absolute atomic E-state index is 11.9. The molecule has 0 saturated heterocycles. The lowest BCUT2D eigenvalue weighted by Crippen LogP contribution is -2.11. The molecule has 0 aliphatic heterocycles. The van der Waals surface area contributed by atoms with Crippen molar-refractivity contribution in [1.82, 2.24) is 0 Å². The van der Waals surface area contributed by atoms with Gasteiger partial charge in [0.05, 0.1) is 0 Å². The first-order valence-electron chi connectivity index (χ1n) is 6.39. The topological polar surface area (TPSA) is 17.1 Å². The smallest absolute Gasteiger partial charge is 0.137 e. The number of hydrogen-bond acceptors (Lipinski definition) is 2. The molecular weight excluding hydrogens is 252 g/mol. The molecule has 1 unspecified atom stereocenters. The third-order valence-corrected chi connectivity index (χ3v) is 4.04. The third kappa shape index (κ3) is 3.71. The molecule has 0 aliphatic carbocycles. The van der Waals surface area contributed by atoms with Crippen molar-refractivity contribution in [1.29, 1.82) is 0 Å². The Balaban J connectivity index is 2.19. The highest BCUT2D eigenvalue weighted by Crippen LogP contribution is 2.23. The number of Topliss-reactive ketones (excluding diaryl/α,β-unsaturated/α-hetero) is 1. The zero-order chi connectivity index (χ0) is 13.7. The molecule has 2 aromatic rings. The number of carbonyl (C=O) groups excluding carboxylic acids is 1. The molecule has 0 aliphatic rings. The van der Waals surface area contributed by atoms with Crippen molar-refractivity contribution in [2.24, 2.45) is 0 Å². The van der Waals surface area contributed by atoms with E-state index < -0.39 is 0 Å². The zero-order valence-corrected chi connectivity index (χ0v) is 12.1. The first-order valence-corrected chi connectivity index (χ1v) is 7.61. The van der Waals surface area contributed by atoms with Crippen LogP contribution in [0.1, 0.15) is 24.0 Å². The van der Waals surface area contributed by atoms with E-state index in [4.69, 9.17) is 0 Å². The van der Waals surface area contributed by atoms with E-state index in [1.165, 1.54) is 10.5 Å². The van der Waals surface area contributed by atoms with E-state index in [1.807, 2.05) is 30.3 Å².